The van der Waals surface area contributed by atoms with Gasteiger partial charge in [0.05, 0.1) is 5.92 Å². The van der Waals surface area contributed by atoms with Crippen LogP contribution in [-0.2, 0) is 9.53 Å². The van der Waals surface area contributed by atoms with E-state index in [-0.39, 0.29) is 12.0 Å². The van der Waals surface area contributed by atoms with Crippen molar-refractivity contribution in [3.63, 3.8) is 0 Å². The Kier molecular flexibility index (Phi) is 3.47. The number of ether oxygens (including phenoxy) is 1. The molecule has 3 atom stereocenters. The van der Waals surface area contributed by atoms with Gasteiger partial charge >= 0.3 is 0 Å². The minimum atomic E-state index is 0.0558. The summed E-state index contributed by atoms with van der Waals surface area (Å²) in [7, 11) is 0. The van der Waals surface area contributed by atoms with Gasteiger partial charge in [-0.25, -0.2) is 0 Å². The van der Waals surface area contributed by atoms with E-state index in [2.05, 4.69) is 19.1 Å². The molecule has 2 nitrogen and oxygen atoms in total. The molecular formula is C14H20O2. The topological polar surface area (TPSA) is 26.3 Å². The SMILES string of the molecule is CC=CC1CC(CC)C2C(=O)CCC=C2O1. The van der Waals surface area contributed by atoms with E-state index in [0.717, 1.165) is 25.0 Å². The summed E-state index contributed by atoms with van der Waals surface area (Å²) >= 11 is 0. The van der Waals surface area contributed by atoms with Crippen LogP contribution >= 0.6 is 0 Å². The van der Waals surface area contributed by atoms with Crippen molar-refractivity contribution in [1.29, 1.82) is 0 Å². The molecule has 1 saturated heterocycles. The highest BCUT2D eigenvalue weighted by Gasteiger charge is 2.39. The van der Waals surface area contributed by atoms with E-state index in [0.29, 0.717) is 18.1 Å². The monoisotopic (exact) mass is 220 g/mol. The number of hydrogen-bond acceptors (Lipinski definition) is 2. The molecule has 16 heavy (non-hydrogen) atoms. The van der Waals surface area contributed by atoms with Crippen LogP contribution in [0.3, 0.4) is 0 Å². The smallest absolute Gasteiger partial charge is 0.144 e. The van der Waals surface area contributed by atoms with Crippen molar-refractivity contribution in [3.8, 4) is 0 Å². The van der Waals surface area contributed by atoms with Crippen molar-refractivity contribution < 1.29 is 9.53 Å². The Morgan fingerprint density at radius 1 is 1.56 bits per heavy atom. The molecule has 2 aliphatic rings. The molecular weight excluding hydrogens is 200 g/mol. The molecule has 0 radical (unpaired) electrons. The molecule has 0 spiro atoms. The lowest BCUT2D eigenvalue weighted by molar-refractivity contribution is -0.128. The van der Waals surface area contributed by atoms with Crippen molar-refractivity contribution in [2.75, 3.05) is 0 Å². The fourth-order valence-corrected chi connectivity index (χ4v) is 2.81. The lowest BCUT2D eigenvalue weighted by atomic mass is 9.76. The first-order chi connectivity index (χ1) is 7.76. The fraction of sp³-hybridized carbons (Fsp3) is 0.643. The normalized spacial score (nSPS) is 34.5. The third kappa shape index (κ3) is 2.06. The maximum absolute atomic E-state index is 11.9. The summed E-state index contributed by atoms with van der Waals surface area (Å²) in [5.74, 6) is 1.84. The minimum Gasteiger partial charge on any atom is -0.490 e. The van der Waals surface area contributed by atoms with Crippen LogP contribution in [0.5, 0.6) is 0 Å². The number of rotatable bonds is 2. The number of allylic oxidation sites excluding steroid dienone is 3. The number of hydrogen-bond donors (Lipinski definition) is 0. The van der Waals surface area contributed by atoms with Crippen molar-refractivity contribution in [3.05, 3.63) is 24.0 Å². The molecule has 1 aliphatic heterocycles. The van der Waals surface area contributed by atoms with Gasteiger partial charge in [0.25, 0.3) is 0 Å². The Bertz CT molecular complexity index is 328. The Morgan fingerprint density at radius 3 is 3.06 bits per heavy atom. The van der Waals surface area contributed by atoms with Crippen LogP contribution in [0.2, 0.25) is 0 Å². The molecule has 1 heterocycles. The summed E-state index contributed by atoms with van der Waals surface area (Å²) in [6, 6.07) is 0. The van der Waals surface area contributed by atoms with Gasteiger partial charge in [-0.1, -0.05) is 19.4 Å². The van der Waals surface area contributed by atoms with Gasteiger partial charge in [0.2, 0.25) is 0 Å². The molecule has 2 rings (SSSR count). The van der Waals surface area contributed by atoms with E-state index in [4.69, 9.17) is 4.74 Å². The maximum atomic E-state index is 11.9. The predicted octanol–water partition coefficient (Wildman–Crippen LogP) is 3.24. The molecule has 0 saturated carbocycles. The summed E-state index contributed by atoms with van der Waals surface area (Å²) in [6.07, 6.45) is 10.0. The number of Topliss-reactive ketones (excluding diaryl/α,β-unsaturated/α-hetero) is 1. The van der Waals surface area contributed by atoms with Gasteiger partial charge < -0.3 is 4.74 Å². The summed E-state index contributed by atoms with van der Waals surface area (Å²) in [5, 5.41) is 0. The highest BCUT2D eigenvalue weighted by atomic mass is 16.5. The standard InChI is InChI=1S/C14H20O2/c1-3-6-11-9-10(4-2)14-12(15)7-5-8-13(14)16-11/h3,6,8,10-11,14H,4-5,7,9H2,1-2H3. The molecule has 88 valence electrons. The number of carbonyl (C=O) groups is 1. The number of ketones is 1. The van der Waals surface area contributed by atoms with Crippen LogP contribution in [-0.4, -0.2) is 11.9 Å². The Balaban J connectivity index is 2.21. The molecule has 1 aliphatic carbocycles. The molecule has 2 heteroatoms. The second-order valence-electron chi connectivity index (χ2n) is 4.68. The van der Waals surface area contributed by atoms with Gasteiger partial charge in [-0.15, -0.1) is 0 Å². The molecule has 1 fully saturated rings. The number of carbonyl (C=O) groups excluding carboxylic acids is 1. The van der Waals surface area contributed by atoms with Crippen LogP contribution in [0, 0.1) is 11.8 Å². The third-order valence-corrected chi connectivity index (χ3v) is 3.62. The number of fused-ring (bicyclic) bond motifs is 1. The predicted molar refractivity (Wildman–Crippen MR) is 63.9 cm³/mol. The molecule has 0 bridgehead atoms. The minimum absolute atomic E-state index is 0.0558. The third-order valence-electron chi connectivity index (χ3n) is 3.62. The lowest BCUT2D eigenvalue weighted by Crippen LogP contribution is -2.37. The zero-order valence-corrected chi connectivity index (χ0v) is 10.1. The van der Waals surface area contributed by atoms with Gasteiger partial charge in [0.1, 0.15) is 17.6 Å². The van der Waals surface area contributed by atoms with Crippen molar-refractivity contribution >= 4 is 5.78 Å². The van der Waals surface area contributed by atoms with Gasteiger partial charge in [0, 0.05) is 6.42 Å². The molecule has 0 N–H and O–H groups in total. The zero-order valence-electron chi connectivity index (χ0n) is 10.1. The van der Waals surface area contributed by atoms with Crippen molar-refractivity contribution in [1.82, 2.24) is 0 Å². The van der Waals surface area contributed by atoms with E-state index in [9.17, 15) is 4.79 Å². The quantitative estimate of drug-likeness (QED) is 0.668. The van der Waals surface area contributed by atoms with Gasteiger partial charge in [-0.05, 0) is 37.8 Å². The summed E-state index contributed by atoms with van der Waals surface area (Å²) in [6.45, 7) is 4.18. The second-order valence-corrected chi connectivity index (χ2v) is 4.68. The molecule has 0 aromatic carbocycles. The first kappa shape index (κ1) is 11.4. The van der Waals surface area contributed by atoms with Crippen LogP contribution in [0.25, 0.3) is 0 Å². The first-order valence-corrected chi connectivity index (χ1v) is 6.28. The summed E-state index contributed by atoms with van der Waals surface area (Å²) in [4.78, 5) is 11.9. The van der Waals surface area contributed by atoms with E-state index in [1.165, 1.54) is 0 Å². The van der Waals surface area contributed by atoms with E-state index < -0.39 is 0 Å². The Morgan fingerprint density at radius 2 is 2.38 bits per heavy atom. The van der Waals surface area contributed by atoms with Gasteiger partial charge in [0.15, 0.2) is 0 Å². The zero-order chi connectivity index (χ0) is 11.5. The second kappa shape index (κ2) is 4.86. The van der Waals surface area contributed by atoms with Crippen LogP contribution in [0.15, 0.2) is 24.0 Å². The van der Waals surface area contributed by atoms with Crippen LogP contribution in [0.4, 0.5) is 0 Å². The Labute approximate surface area is 97.4 Å². The lowest BCUT2D eigenvalue weighted by Gasteiger charge is -2.38. The highest BCUT2D eigenvalue weighted by molar-refractivity contribution is 5.85. The molecule has 0 amide bonds. The van der Waals surface area contributed by atoms with E-state index in [1.54, 1.807) is 0 Å². The molecule has 3 unspecified atom stereocenters. The summed E-state index contributed by atoms with van der Waals surface area (Å²) < 4.78 is 5.89. The Hall–Kier alpha value is -1.05. The first-order valence-electron chi connectivity index (χ1n) is 6.28. The van der Waals surface area contributed by atoms with Crippen LogP contribution in [0.1, 0.15) is 39.5 Å². The maximum Gasteiger partial charge on any atom is 0.144 e. The van der Waals surface area contributed by atoms with Gasteiger partial charge in [-0.3, -0.25) is 4.79 Å². The van der Waals surface area contributed by atoms with E-state index in [1.807, 2.05) is 13.0 Å². The molecule has 0 aromatic rings. The van der Waals surface area contributed by atoms with Gasteiger partial charge in [-0.2, -0.15) is 0 Å². The van der Waals surface area contributed by atoms with Crippen molar-refractivity contribution in [2.24, 2.45) is 11.8 Å². The van der Waals surface area contributed by atoms with E-state index >= 15 is 0 Å². The van der Waals surface area contributed by atoms with Crippen LogP contribution < -0.4 is 0 Å². The van der Waals surface area contributed by atoms with Crippen molar-refractivity contribution in [2.45, 2.75) is 45.6 Å². The summed E-state index contributed by atoms with van der Waals surface area (Å²) in [5.41, 5.74) is 0. The molecule has 0 aromatic heterocycles. The fourth-order valence-electron chi connectivity index (χ4n) is 2.81. The highest BCUT2D eigenvalue weighted by Crippen LogP contribution is 2.39. The largest absolute Gasteiger partial charge is 0.490 e. The average Bonchev–Trinajstić information content (AvgIpc) is 2.28. The average molecular weight is 220 g/mol.